The number of aryl methyl sites for hydroxylation is 1. The minimum absolute atomic E-state index is 0.104. The number of nitrogens with zero attached hydrogens (tertiary/aromatic N) is 3. The predicted octanol–water partition coefficient (Wildman–Crippen LogP) is 2.79. The molecule has 0 bridgehead atoms. The topological polar surface area (TPSA) is 74.7 Å². The maximum absolute atomic E-state index is 13.1. The van der Waals surface area contributed by atoms with E-state index in [9.17, 15) is 14.4 Å². The number of hydrogen-bond donors (Lipinski definition) is 1. The van der Waals surface area contributed by atoms with E-state index < -0.39 is 0 Å². The van der Waals surface area contributed by atoms with Crippen molar-refractivity contribution in [3.8, 4) is 0 Å². The summed E-state index contributed by atoms with van der Waals surface area (Å²) in [6.07, 6.45) is 3.51. The lowest BCUT2D eigenvalue weighted by atomic mass is 10.1. The Balaban J connectivity index is 1.72. The summed E-state index contributed by atoms with van der Waals surface area (Å²) in [4.78, 5) is 41.0. The number of amides is 3. The second kappa shape index (κ2) is 8.96. The molecule has 0 unspecified atom stereocenters. The molecule has 1 aliphatic heterocycles. The number of carbonyl (C=O) groups is 3. The van der Waals surface area contributed by atoms with Gasteiger partial charge in [0.25, 0.3) is 11.8 Å². The normalized spacial score (nSPS) is 14.3. The maximum Gasteiger partial charge on any atom is 0.270 e. The average molecular weight is 415 g/mol. The highest BCUT2D eigenvalue weighted by Gasteiger charge is 2.26. The molecule has 1 aliphatic rings. The number of para-hydroxylation sites is 1. The first-order valence-electron chi connectivity index (χ1n) is 9.33. The molecule has 0 spiro atoms. The summed E-state index contributed by atoms with van der Waals surface area (Å²) in [7, 11) is 1.78. The number of nitrogens with one attached hydrogen (secondary N) is 1. The third-order valence-electron chi connectivity index (χ3n) is 4.86. The molecule has 2 heterocycles. The zero-order valence-corrected chi connectivity index (χ0v) is 17.0. The highest BCUT2D eigenvalue weighted by Crippen LogP contribution is 2.20. The molecular weight excluding hydrogens is 392 g/mol. The van der Waals surface area contributed by atoms with E-state index in [1.165, 1.54) is 0 Å². The van der Waals surface area contributed by atoms with E-state index in [4.69, 9.17) is 11.6 Å². The molecule has 0 radical (unpaired) electrons. The molecular formula is C21H23ClN4O3. The van der Waals surface area contributed by atoms with Crippen molar-refractivity contribution < 1.29 is 14.4 Å². The first kappa shape index (κ1) is 20.7. The quantitative estimate of drug-likeness (QED) is 0.782. The Kier molecular flexibility index (Phi) is 6.39. The van der Waals surface area contributed by atoms with Gasteiger partial charge in [-0.15, -0.1) is 0 Å². The smallest absolute Gasteiger partial charge is 0.270 e. The van der Waals surface area contributed by atoms with Crippen LogP contribution in [0.3, 0.4) is 0 Å². The molecule has 152 valence electrons. The number of benzene rings is 1. The van der Waals surface area contributed by atoms with Crippen LogP contribution in [0.5, 0.6) is 0 Å². The fraction of sp³-hybridized carbons (Fsp3) is 0.286. The van der Waals surface area contributed by atoms with Gasteiger partial charge in [-0.05, 0) is 30.7 Å². The van der Waals surface area contributed by atoms with Crippen LogP contribution in [0.1, 0.15) is 27.3 Å². The molecule has 0 aliphatic carbocycles. The lowest BCUT2D eigenvalue weighted by Gasteiger charge is -2.23. The fourth-order valence-corrected chi connectivity index (χ4v) is 3.60. The van der Waals surface area contributed by atoms with E-state index in [1.807, 2.05) is 0 Å². The van der Waals surface area contributed by atoms with Gasteiger partial charge in [0.05, 0.1) is 16.3 Å². The van der Waals surface area contributed by atoms with Crippen LogP contribution in [0.2, 0.25) is 5.02 Å². The minimum atomic E-state index is -0.376. The van der Waals surface area contributed by atoms with Gasteiger partial charge in [-0.25, -0.2) is 0 Å². The van der Waals surface area contributed by atoms with Crippen molar-refractivity contribution in [3.05, 3.63) is 65.5 Å². The van der Waals surface area contributed by atoms with Crippen molar-refractivity contribution in [2.75, 3.05) is 31.5 Å². The van der Waals surface area contributed by atoms with E-state index in [2.05, 4.69) is 11.9 Å². The first-order valence-corrected chi connectivity index (χ1v) is 9.71. The van der Waals surface area contributed by atoms with Crippen molar-refractivity contribution >= 4 is 35.0 Å². The Morgan fingerprint density at radius 3 is 2.34 bits per heavy atom. The van der Waals surface area contributed by atoms with Crippen LogP contribution in [-0.2, 0) is 11.8 Å². The molecule has 29 heavy (non-hydrogen) atoms. The second-order valence-corrected chi connectivity index (χ2v) is 7.27. The number of hydrogen-bond acceptors (Lipinski definition) is 3. The zero-order valence-electron chi connectivity index (χ0n) is 16.2. The van der Waals surface area contributed by atoms with Gasteiger partial charge in [0.15, 0.2) is 0 Å². The van der Waals surface area contributed by atoms with Crippen molar-refractivity contribution in [1.29, 1.82) is 0 Å². The van der Waals surface area contributed by atoms with Gasteiger partial charge >= 0.3 is 0 Å². The molecule has 0 saturated carbocycles. The summed E-state index contributed by atoms with van der Waals surface area (Å²) in [6.45, 7) is 5.35. The lowest BCUT2D eigenvalue weighted by molar-refractivity contribution is -0.111. The summed E-state index contributed by atoms with van der Waals surface area (Å²) >= 11 is 5.99. The maximum atomic E-state index is 13.1. The largest absolute Gasteiger partial charge is 0.345 e. The Hall–Kier alpha value is -3.06. The summed E-state index contributed by atoms with van der Waals surface area (Å²) in [5, 5.41) is 3.18. The number of anilines is 1. The number of aromatic nitrogens is 1. The minimum Gasteiger partial charge on any atom is -0.345 e. The Morgan fingerprint density at radius 1 is 1.07 bits per heavy atom. The monoisotopic (exact) mass is 414 g/mol. The van der Waals surface area contributed by atoms with E-state index in [1.54, 1.807) is 57.9 Å². The Morgan fingerprint density at radius 2 is 1.72 bits per heavy atom. The molecule has 1 fully saturated rings. The van der Waals surface area contributed by atoms with Crippen LogP contribution in [-0.4, -0.2) is 58.3 Å². The molecule has 0 atom stereocenters. The highest BCUT2D eigenvalue weighted by molar-refractivity contribution is 6.31. The van der Waals surface area contributed by atoms with E-state index >= 15 is 0 Å². The Bertz CT molecular complexity index is 953. The molecule has 1 saturated heterocycles. The molecule has 7 nitrogen and oxygen atoms in total. The van der Waals surface area contributed by atoms with Crippen molar-refractivity contribution in [2.45, 2.75) is 6.42 Å². The zero-order chi connectivity index (χ0) is 21.0. The SMILES string of the molecule is C=CC(=O)Nc1ccccc1C(=O)N1CCCN(C(=O)c2cc(Cl)cn2C)CC1. The van der Waals surface area contributed by atoms with Crippen molar-refractivity contribution in [1.82, 2.24) is 14.4 Å². The van der Waals surface area contributed by atoms with Gasteiger partial charge in [-0.2, -0.15) is 0 Å². The molecule has 1 aromatic heterocycles. The summed E-state index contributed by atoms with van der Waals surface area (Å²) in [5.74, 6) is -0.660. The average Bonchev–Trinajstić information content (AvgIpc) is 2.91. The van der Waals surface area contributed by atoms with E-state index in [0.29, 0.717) is 54.6 Å². The third kappa shape index (κ3) is 4.68. The summed E-state index contributed by atoms with van der Waals surface area (Å²) in [5.41, 5.74) is 1.38. The summed E-state index contributed by atoms with van der Waals surface area (Å²) < 4.78 is 1.71. The number of carbonyl (C=O) groups excluding carboxylic acids is 3. The van der Waals surface area contributed by atoms with Gasteiger partial charge in [-0.3, -0.25) is 14.4 Å². The molecule has 3 rings (SSSR count). The van der Waals surface area contributed by atoms with Gasteiger partial charge in [0.2, 0.25) is 5.91 Å². The van der Waals surface area contributed by atoms with Crippen LogP contribution in [0.25, 0.3) is 0 Å². The molecule has 3 amide bonds. The lowest BCUT2D eigenvalue weighted by Crippen LogP contribution is -2.38. The van der Waals surface area contributed by atoms with Gasteiger partial charge in [0, 0.05) is 39.4 Å². The van der Waals surface area contributed by atoms with E-state index in [0.717, 1.165) is 6.08 Å². The third-order valence-corrected chi connectivity index (χ3v) is 5.07. The van der Waals surface area contributed by atoms with Crippen LogP contribution in [0.15, 0.2) is 49.2 Å². The van der Waals surface area contributed by atoms with Gasteiger partial charge in [0.1, 0.15) is 5.69 Å². The van der Waals surface area contributed by atoms with Crippen LogP contribution in [0.4, 0.5) is 5.69 Å². The molecule has 1 N–H and O–H groups in total. The number of halogens is 1. The van der Waals surface area contributed by atoms with Gasteiger partial charge in [-0.1, -0.05) is 30.3 Å². The summed E-state index contributed by atoms with van der Waals surface area (Å²) in [6, 6.07) is 8.52. The van der Waals surface area contributed by atoms with Crippen LogP contribution >= 0.6 is 11.6 Å². The fourth-order valence-electron chi connectivity index (χ4n) is 3.36. The second-order valence-electron chi connectivity index (χ2n) is 6.83. The molecule has 2 aromatic rings. The first-order chi connectivity index (χ1) is 13.9. The van der Waals surface area contributed by atoms with Crippen LogP contribution in [0, 0.1) is 0 Å². The van der Waals surface area contributed by atoms with Crippen LogP contribution < -0.4 is 5.32 Å². The molecule has 8 heteroatoms. The van der Waals surface area contributed by atoms with Crippen molar-refractivity contribution in [2.24, 2.45) is 7.05 Å². The van der Waals surface area contributed by atoms with E-state index in [-0.39, 0.29) is 17.7 Å². The highest BCUT2D eigenvalue weighted by atomic mass is 35.5. The predicted molar refractivity (Wildman–Crippen MR) is 112 cm³/mol. The standard InChI is InChI=1S/C21H23ClN4O3/c1-3-19(27)23-17-8-5-4-7-16(17)20(28)25-9-6-10-26(12-11-25)21(29)18-13-15(22)14-24(18)2/h3-5,7-8,13-14H,1,6,9-12H2,2H3,(H,23,27). The van der Waals surface area contributed by atoms with Gasteiger partial charge < -0.3 is 19.7 Å². The Labute approximate surface area is 174 Å². The molecule has 1 aromatic carbocycles. The van der Waals surface area contributed by atoms with Crippen molar-refractivity contribution in [3.63, 3.8) is 0 Å². The number of rotatable bonds is 4.